The van der Waals surface area contributed by atoms with Crippen LogP contribution in [0, 0.1) is 0 Å². The maximum absolute atomic E-state index is 11.7. The van der Waals surface area contributed by atoms with E-state index in [2.05, 4.69) is 26.7 Å². The highest BCUT2D eigenvalue weighted by Crippen LogP contribution is 2.22. The third-order valence-corrected chi connectivity index (χ3v) is 2.47. The number of hydrogen-bond donors (Lipinski definition) is 3. The van der Waals surface area contributed by atoms with Crippen molar-refractivity contribution in [2.24, 2.45) is 0 Å². The monoisotopic (exact) mass is 316 g/mol. The van der Waals surface area contributed by atoms with Crippen LogP contribution in [0.25, 0.3) is 0 Å². The van der Waals surface area contributed by atoms with E-state index in [0.717, 1.165) is 10.0 Å². The normalized spacial score (nSPS) is 11.2. The molecule has 0 spiro atoms. The highest BCUT2D eigenvalue weighted by atomic mass is 79.9. The molecule has 0 bridgehead atoms. The molecule has 0 saturated carbocycles. The molecule has 6 heteroatoms. The number of ether oxygens (including phenoxy) is 1. The molecular weight excluding hydrogens is 300 g/mol. The lowest BCUT2D eigenvalue weighted by Gasteiger charge is -2.20. The lowest BCUT2D eigenvalue weighted by molar-refractivity contribution is 0.0635. The molecule has 0 unspecified atom stereocenters. The Morgan fingerprint density at radius 2 is 2.11 bits per heavy atom. The predicted octanol–water partition coefficient (Wildman–Crippen LogP) is 3.27. The number of rotatable bonds is 3. The van der Waals surface area contributed by atoms with Gasteiger partial charge in [-0.3, -0.25) is 5.32 Å². The second kappa shape index (κ2) is 6.17. The first kappa shape index (κ1) is 14.9. The first-order chi connectivity index (χ1) is 8.31. The predicted molar refractivity (Wildman–Crippen MR) is 72.6 cm³/mol. The molecule has 0 saturated heterocycles. The van der Waals surface area contributed by atoms with E-state index in [9.17, 15) is 4.79 Å². The molecule has 0 heterocycles. The van der Waals surface area contributed by atoms with Crippen molar-refractivity contribution < 1.29 is 14.7 Å². The third-order valence-electron chi connectivity index (χ3n) is 1.98. The summed E-state index contributed by atoms with van der Waals surface area (Å²) in [6.45, 7) is 5.62. The number of benzene rings is 1. The van der Waals surface area contributed by atoms with Gasteiger partial charge in [-0.05, 0) is 38.5 Å². The van der Waals surface area contributed by atoms with Crippen molar-refractivity contribution in [2.45, 2.75) is 32.9 Å². The molecule has 0 atom stereocenters. The Balaban J connectivity index is 2.82. The number of anilines is 1. The molecule has 1 aromatic carbocycles. The van der Waals surface area contributed by atoms with Crippen LogP contribution in [-0.2, 0) is 11.3 Å². The summed E-state index contributed by atoms with van der Waals surface area (Å²) in [5.41, 5.74) is 2.85. The molecule has 0 aliphatic heterocycles. The molecule has 18 heavy (non-hydrogen) atoms. The van der Waals surface area contributed by atoms with Crippen LogP contribution in [-0.4, -0.2) is 16.9 Å². The average Bonchev–Trinajstić information content (AvgIpc) is 2.19. The van der Waals surface area contributed by atoms with Crippen molar-refractivity contribution in [3.8, 4) is 0 Å². The van der Waals surface area contributed by atoms with Crippen LogP contribution in [0.15, 0.2) is 22.7 Å². The van der Waals surface area contributed by atoms with E-state index in [1.165, 1.54) is 0 Å². The standard InChI is InChI=1S/C12H17BrN2O3/c1-12(2,3)18-11(16)15-10-6-9(13)5-4-8(10)7-14-17/h4-6,14,17H,7H2,1-3H3,(H,15,16). The van der Waals surface area contributed by atoms with E-state index in [1.807, 2.05) is 6.07 Å². The largest absolute Gasteiger partial charge is 0.444 e. The lowest BCUT2D eigenvalue weighted by atomic mass is 10.2. The Morgan fingerprint density at radius 3 is 2.67 bits per heavy atom. The second-order valence-corrected chi connectivity index (χ2v) is 5.68. The summed E-state index contributed by atoms with van der Waals surface area (Å²) in [4.78, 5) is 11.7. The van der Waals surface area contributed by atoms with Gasteiger partial charge in [-0.2, -0.15) is 0 Å². The number of hydroxylamine groups is 1. The molecule has 100 valence electrons. The second-order valence-electron chi connectivity index (χ2n) is 4.76. The number of amides is 1. The van der Waals surface area contributed by atoms with Crippen LogP contribution in [0.2, 0.25) is 0 Å². The zero-order valence-electron chi connectivity index (χ0n) is 10.6. The van der Waals surface area contributed by atoms with Gasteiger partial charge in [0.15, 0.2) is 0 Å². The van der Waals surface area contributed by atoms with E-state index >= 15 is 0 Å². The first-order valence-electron chi connectivity index (χ1n) is 5.47. The average molecular weight is 317 g/mol. The third kappa shape index (κ3) is 5.03. The molecule has 1 rings (SSSR count). The van der Waals surface area contributed by atoms with Crippen LogP contribution in [0.3, 0.4) is 0 Å². The summed E-state index contributed by atoms with van der Waals surface area (Å²) in [6.07, 6.45) is -0.528. The van der Waals surface area contributed by atoms with Crippen molar-refractivity contribution in [3.05, 3.63) is 28.2 Å². The SMILES string of the molecule is CC(C)(C)OC(=O)Nc1cc(Br)ccc1CNO. The fourth-order valence-corrected chi connectivity index (χ4v) is 1.68. The minimum Gasteiger partial charge on any atom is -0.444 e. The van der Waals surface area contributed by atoms with Crippen LogP contribution in [0.1, 0.15) is 26.3 Å². The quantitative estimate of drug-likeness (QED) is 0.748. The lowest BCUT2D eigenvalue weighted by Crippen LogP contribution is -2.27. The van der Waals surface area contributed by atoms with Gasteiger partial charge in [0.05, 0.1) is 0 Å². The summed E-state index contributed by atoms with van der Waals surface area (Å²) >= 11 is 3.32. The summed E-state index contributed by atoms with van der Waals surface area (Å²) < 4.78 is 6.00. The van der Waals surface area contributed by atoms with Gasteiger partial charge in [0.1, 0.15) is 5.60 Å². The Morgan fingerprint density at radius 1 is 1.44 bits per heavy atom. The Hall–Kier alpha value is -1.11. The highest BCUT2D eigenvalue weighted by molar-refractivity contribution is 9.10. The van der Waals surface area contributed by atoms with Gasteiger partial charge in [0.25, 0.3) is 0 Å². The van der Waals surface area contributed by atoms with Gasteiger partial charge in [-0.15, -0.1) is 0 Å². The van der Waals surface area contributed by atoms with Crippen molar-refractivity contribution in [3.63, 3.8) is 0 Å². The Kier molecular flexibility index (Phi) is 5.13. The minimum absolute atomic E-state index is 0.235. The number of halogens is 1. The van der Waals surface area contributed by atoms with E-state index in [0.29, 0.717) is 5.69 Å². The van der Waals surface area contributed by atoms with Gasteiger partial charge >= 0.3 is 6.09 Å². The van der Waals surface area contributed by atoms with Crippen molar-refractivity contribution in [1.29, 1.82) is 0 Å². The summed E-state index contributed by atoms with van der Waals surface area (Å²) in [7, 11) is 0. The van der Waals surface area contributed by atoms with Crippen LogP contribution >= 0.6 is 15.9 Å². The topological polar surface area (TPSA) is 70.6 Å². The molecule has 0 aliphatic carbocycles. The smallest absolute Gasteiger partial charge is 0.412 e. The fraction of sp³-hybridized carbons (Fsp3) is 0.417. The molecule has 0 radical (unpaired) electrons. The Labute approximate surface area is 115 Å². The van der Waals surface area contributed by atoms with E-state index < -0.39 is 11.7 Å². The fourth-order valence-electron chi connectivity index (χ4n) is 1.32. The molecule has 1 amide bonds. The van der Waals surface area contributed by atoms with Gasteiger partial charge in [0, 0.05) is 16.7 Å². The molecule has 0 aliphatic rings. The summed E-state index contributed by atoms with van der Waals surface area (Å²) in [6, 6.07) is 5.36. The van der Waals surface area contributed by atoms with Crippen molar-refractivity contribution in [1.82, 2.24) is 5.48 Å². The van der Waals surface area contributed by atoms with E-state index in [4.69, 9.17) is 9.94 Å². The molecule has 0 aromatic heterocycles. The summed E-state index contributed by atoms with van der Waals surface area (Å²) in [5.74, 6) is 0. The number of nitrogens with one attached hydrogen (secondary N) is 2. The molecule has 0 fully saturated rings. The number of carbonyl (C=O) groups excluding carboxylic acids is 1. The zero-order valence-corrected chi connectivity index (χ0v) is 12.2. The van der Waals surface area contributed by atoms with Crippen LogP contribution < -0.4 is 10.8 Å². The van der Waals surface area contributed by atoms with Gasteiger partial charge in [-0.1, -0.05) is 22.0 Å². The van der Waals surface area contributed by atoms with Gasteiger partial charge in [0.2, 0.25) is 0 Å². The Bertz CT molecular complexity index is 430. The van der Waals surface area contributed by atoms with Crippen molar-refractivity contribution >= 4 is 27.7 Å². The minimum atomic E-state index is -0.550. The van der Waals surface area contributed by atoms with Crippen LogP contribution in [0.4, 0.5) is 10.5 Å². The number of hydrogen-bond acceptors (Lipinski definition) is 4. The van der Waals surface area contributed by atoms with Crippen molar-refractivity contribution in [2.75, 3.05) is 5.32 Å². The molecule has 3 N–H and O–H groups in total. The number of carbonyl (C=O) groups is 1. The van der Waals surface area contributed by atoms with Gasteiger partial charge in [-0.25, -0.2) is 10.3 Å². The maximum atomic E-state index is 11.7. The summed E-state index contributed by atoms with van der Waals surface area (Å²) in [5, 5.41) is 11.4. The highest BCUT2D eigenvalue weighted by Gasteiger charge is 2.17. The molecule has 5 nitrogen and oxygen atoms in total. The van der Waals surface area contributed by atoms with Crippen LogP contribution in [0.5, 0.6) is 0 Å². The first-order valence-corrected chi connectivity index (χ1v) is 6.26. The molecule has 1 aromatic rings. The van der Waals surface area contributed by atoms with E-state index in [-0.39, 0.29) is 6.54 Å². The van der Waals surface area contributed by atoms with E-state index in [1.54, 1.807) is 32.9 Å². The zero-order chi connectivity index (χ0) is 13.8. The molecular formula is C12H17BrN2O3. The maximum Gasteiger partial charge on any atom is 0.412 e. The van der Waals surface area contributed by atoms with Gasteiger partial charge < -0.3 is 9.94 Å².